The number of rotatable bonds is 4. The third-order valence-corrected chi connectivity index (χ3v) is 4.45. The molecule has 17 heavy (non-hydrogen) atoms. The molecule has 1 aromatic rings. The Balaban J connectivity index is 2.22. The van der Waals surface area contributed by atoms with E-state index in [1.165, 1.54) is 18.4 Å². The molecule has 0 aliphatic carbocycles. The summed E-state index contributed by atoms with van der Waals surface area (Å²) in [6.45, 7) is 3.47. The van der Waals surface area contributed by atoms with Crippen LogP contribution < -0.4 is 9.47 Å². The Morgan fingerprint density at radius 1 is 1.24 bits per heavy atom. The van der Waals surface area contributed by atoms with Gasteiger partial charge in [0.1, 0.15) is 13.2 Å². The number of fused-ring (bicyclic) bond motifs is 1. The molecule has 0 radical (unpaired) electrons. The van der Waals surface area contributed by atoms with Gasteiger partial charge < -0.3 is 9.47 Å². The first kappa shape index (κ1) is 13.2. The van der Waals surface area contributed by atoms with Gasteiger partial charge in [-0.05, 0) is 24.1 Å². The van der Waals surface area contributed by atoms with E-state index in [2.05, 4.69) is 44.8 Å². The van der Waals surface area contributed by atoms with Crippen LogP contribution in [-0.4, -0.2) is 13.2 Å². The van der Waals surface area contributed by atoms with Gasteiger partial charge in [0.15, 0.2) is 11.5 Å². The molecule has 1 atom stereocenters. The minimum Gasteiger partial charge on any atom is -0.486 e. The molecule has 1 unspecified atom stereocenters. The Morgan fingerprint density at radius 3 is 2.53 bits per heavy atom. The number of alkyl halides is 1. The largest absolute Gasteiger partial charge is 0.486 e. The van der Waals surface area contributed by atoms with E-state index < -0.39 is 0 Å². The summed E-state index contributed by atoms with van der Waals surface area (Å²) in [4.78, 5) is 0.368. The van der Waals surface area contributed by atoms with E-state index in [0.29, 0.717) is 18.0 Å². The average Bonchev–Trinajstić information content (AvgIpc) is 2.35. The maximum Gasteiger partial charge on any atom is 0.162 e. The minimum atomic E-state index is 0.368. The number of hydrogen-bond donors (Lipinski definition) is 0. The molecule has 4 heteroatoms. The zero-order valence-corrected chi connectivity index (χ0v) is 13.0. The molecule has 0 saturated heterocycles. The molecule has 2 nitrogen and oxygen atoms in total. The predicted molar refractivity (Wildman–Crippen MR) is 76.3 cm³/mol. The van der Waals surface area contributed by atoms with E-state index in [9.17, 15) is 0 Å². The first-order chi connectivity index (χ1) is 8.22. The topological polar surface area (TPSA) is 18.5 Å². The van der Waals surface area contributed by atoms with Gasteiger partial charge in [-0.15, -0.1) is 0 Å². The normalized spacial score (nSPS) is 15.7. The standard InChI is InChI=1S/C13H16Br2O2/c1-2-3-4-10(14)9-7-12-13(8-11(9)15)17-6-5-16-12/h7-8,10H,2-6H2,1H3. The van der Waals surface area contributed by atoms with Gasteiger partial charge in [0.05, 0.1) is 0 Å². The average molecular weight is 364 g/mol. The number of unbranched alkanes of at least 4 members (excludes halogenated alkanes) is 1. The summed E-state index contributed by atoms with van der Waals surface area (Å²) < 4.78 is 12.2. The van der Waals surface area contributed by atoms with E-state index in [4.69, 9.17) is 9.47 Å². The van der Waals surface area contributed by atoms with Gasteiger partial charge in [-0.1, -0.05) is 51.6 Å². The SMILES string of the molecule is CCCCC(Br)c1cc2c(cc1Br)OCCO2. The van der Waals surface area contributed by atoms with Crippen molar-refractivity contribution in [2.75, 3.05) is 13.2 Å². The molecule has 0 amide bonds. The van der Waals surface area contributed by atoms with Crippen LogP contribution in [0.1, 0.15) is 36.6 Å². The Kier molecular flexibility index (Phi) is 4.74. The van der Waals surface area contributed by atoms with Crippen molar-refractivity contribution in [3.63, 3.8) is 0 Å². The van der Waals surface area contributed by atoms with Crippen molar-refractivity contribution in [2.24, 2.45) is 0 Å². The Bertz CT molecular complexity index is 393. The minimum absolute atomic E-state index is 0.368. The van der Waals surface area contributed by atoms with Gasteiger partial charge in [0, 0.05) is 9.30 Å². The third kappa shape index (κ3) is 3.16. The van der Waals surface area contributed by atoms with Crippen LogP contribution in [0, 0.1) is 0 Å². The van der Waals surface area contributed by atoms with Crippen LogP contribution >= 0.6 is 31.9 Å². The fourth-order valence-corrected chi connectivity index (χ4v) is 3.47. The molecule has 2 rings (SSSR count). The lowest BCUT2D eigenvalue weighted by Crippen LogP contribution is -2.15. The van der Waals surface area contributed by atoms with E-state index >= 15 is 0 Å². The number of halogens is 2. The first-order valence-electron chi connectivity index (χ1n) is 5.95. The lowest BCUT2D eigenvalue weighted by atomic mass is 10.1. The monoisotopic (exact) mass is 362 g/mol. The highest BCUT2D eigenvalue weighted by molar-refractivity contribution is 9.11. The van der Waals surface area contributed by atoms with Crippen molar-refractivity contribution in [2.45, 2.75) is 31.0 Å². The highest BCUT2D eigenvalue weighted by Gasteiger charge is 2.18. The van der Waals surface area contributed by atoms with E-state index in [1.54, 1.807) is 0 Å². The predicted octanol–water partition coefficient (Wildman–Crippen LogP) is 4.85. The molecule has 1 aliphatic rings. The van der Waals surface area contributed by atoms with Crippen LogP contribution in [0.2, 0.25) is 0 Å². The number of benzene rings is 1. The van der Waals surface area contributed by atoms with Gasteiger partial charge in [0.25, 0.3) is 0 Å². The van der Waals surface area contributed by atoms with E-state index in [0.717, 1.165) is 22.4 Å². The van der Waals surface area contributed by atoms with Crippen molar-refractivity contribution >= 4 is 31.9 Å². The van der Waals surface area contributed by atoms with Gasteiger partial charge >= 0.3 is 0 Å². The summed E-state index contributed by atoms with van der Waals surface area (Å²) in [5.41, 5.74) is 1.24. The third-order valence-electron chi connectivity index (χ3n) is 2.81. The summed E-state index contributed by atoms with van der Waals surface area (Å²) >= 11 is 7.34. The summed E-state index contributed by atoms with van der Waals surface area (Å²) in [6, 6.07) is 4.08. The first-order valence-corrected chi connectivity index (χ1v) is 7.66. The van der Waals surface area contributed by atoms with Crippen molar-refractivity contribution < 1.29 is 9.47 Å². The van der Waals surface area contributed by atoms with Crippen LogP contribution in [0.25, 0.3) is 0 Å². The molecular formula is C13H16Br2O2. The van der Waals surface area contributed by atoms with Gasteiger partial charge in [-0.3, -0.25) is 0 Å². The van der Waals surface area contributed by atoms with Crippen molar-refractivity contribution in [1.29, 1.82) is 0 Å². The fourth-order valence-electron chi connectivity index (χ4n) is 1.86. The lowest BCUT2D eigenvalue weighted by Gasteiger charge is -2.21. The van der Waals surface area contributed by atoms with Crippen LogP contribution in [0.5, 0.6) is 11.5 Å². The highest BCUT2D eigenvalue weighted by Crippen LogP contribution is 2.41. The molecule has 1 aliphatic heterocycles. The zero-order chi connectivity index (χ0) is 12.3. The van der Waals surface area contributed by atoms with E-state index in [-0.39, 0.29) is 0 Å². The lowest BCUT2D eigenvalue weighted by molar-refractivity contribution is 0.171. The molecular weight excluding hydrogens is 348 g/mol. The van der Waals surface area contributed by atoms with Crippen LogP contribution in [-0.2, 0) is 0 Å². The second-order valence-electron chi connectivity index (χ2n) is 4.13. The molecule has 0 N–H and O–H groups in total. The second kappa shape index (κ2) is 6.10. The molecule has 94 valence electrons. The Morgan fingerprint density at radius 2 is 1.88 bits per heavy atom. The van der Waals surface area contributed by atoms with Gasteiger partial charge in [0.2, 0.25) is 0 Å². The molecule has 0 aromatic heterocycles. The summed E-state index contributed by atoms with van der Waals surface area (Å²) in [6.07, 6.45) is 3.57. The van der Waals surface area contributed by atoms with Gasteiger partial charge in [-0.2, -0.15) is 0 Å². The number of ether oxygens (including phenoxy) is 2. The van der Waals surface area contributed by atoms with Crippen molar-refractivity contribution in [3.8, 4) is 11.5 Å². The number of hydrogen-bond acceptors (Lipinski definition) is 2. The summed E-state index contributed by atoms with van der Waals surface area (Å²) in [7, 11) is 0. The van der Waals surface area contributed by atoms with Crippen molar-refractivity contribution in [1.82, 2.24) is 0 Å². The molecule has 0 fully saturated rings. The van der Waals surface area contributed by atoms with Gasteiger partial charge in [-0.25, -0.2) is 0 Å². The van der Waals surface area contributed by atoms with E-state index in [1.807, 2.05) is 6.07 Å². The van der Waals surface area contributed by atoms with Crippen LogP contribution in [0.3, 0.4) is 0 Å². The summed E-state index contributed by atoms with van der Waals surface area (Å²) in [5, 5.41) is 0. The maximum absolute atomic E-state index is 5.61. The highest BCUT2D eigenvalue weighted by atomic mass is 79.9. The fraction of sp³-hybridized carbons (Fsp3) is 0.538. The second-order valence-corrected chi connectivity index (χ2v) is 6.09. The molecule has 0 bridgehead atoms. The van der Waals surface area contributed by atoms with Crippen molar-refractivity contribution in [3.05, 3.63) is 22.2 Å². The molecule has 0 saturated carbocycles. The van der Waals surface area contributed by atoms with Crippen LogP contribution in [0.4, 0.5) is 0 Å². The molecule has 0 spiro atoms. The molecule has 1 heterocycles. The van der Waals surface area contributed by atoms with Crippen LogP contribution in [0.15, 0.2) is 16.6 Å². The Labute approximate surface area is 119 Å². The molecule has 1 aromatic carbocycles. The Hall–Kier alpha value is -0.220. The quantitative estimate of drug-likeness (QED) is 0.712. The summed E-state index contributed by atoms with van der Waals surface area (Å²) in [5.74, 6) is 1.69. The maximum atomic E-state index is 5.61. The zero-order valence-electron chi connectivity index (χ0n) is 9.84. The smallest absolute Gasteiger partial charge is 0.162 e.